The fourth-order valence-electron chi connectivity index (χ4n) is 2.03. The first-order valence-corrected chi connectivity index (χ1v) is 8.06. The topological polar surface area (TPSA) is 70.6 Å². The molecular formula is C16H15Cl3N2O3. The highest BCUT2D eigenvalue weighted by Crippen LogP contribution is 2.32. The third-order valence-electron chi connectivity index (χ3n) is 3.21. The standard InChI is InChI=1S/C16H15Cl3N2O3/c1-24-15-5-3-2-4-9(15)14(22)8-20-16(23)21-13-7-11(18)10(17)6-12(13)19/h2-7,14,22H,8H2,1H3,(H2,20,21,23)/t14-/m1/s1. The Balaban J connectivity index is 1.97. The number of aliphatic hydroxyl groups excluding tert-OH is 1. The van der Waals surface area contributed by atoms with Crippen LogP contribution in [0.5, 0.6) is 5.75 Å². The largest absolute Gasteiger partial charge is 0.496 e. The summed E-state index contributed by atoms with van der Waals surface area (Å²) in [5.74, 6) is 0.541. The van der Waals surface area contributed by atoms with Crippen molar-refractivity contribution in [1.29, 1.82) is 0 Å². The van der Waals surface area contributed by atoms with Gasteiger partial charge in [-0.3, -0.25) is 0 Å². The summed E-state index contributed by atoms with van der Waals surface area (Å²) in [6.45, 7) is -0.00878. The number of urea groups is 1. The van der Waals surface area contributed by atoms with Crippen molar-refractivity contribution in [1.82, 2.24) is 5.32 Å². The average Bonchev–Trinajstić information content (AvgIpc) is 2.57. The van der Waals surface area contributed by atoms with Gasteiger partial charge in [0.15, 0.2) is 0 Å². The first-order chi connectivity index (χ1) is 11.4. The normalized spacial score (nSPS) is 11.7. The summed E-state index contributed by atoms with van der Waals surface area (Å²) in [6.07, 6.45) is -0.920. The fourth-order valence-corrected chi connectivity index (χ4v) is 2.62. The monoisotopic (exact) mass is 388 g/mol. The molecule has 0 saturated heterocycles. The fraction of sp³-hybridized carbons (Fsp3) is 0.188. The lowest BCUT2D eigenvalue weighted by molar-refractivity contribution is 0.171. The van der Waals surface area contributed by atoms with Gasteiger partial charge < -0.3 is 20.5 Å². The van der Waals surface area contributed by atoms with Crippen molar-refractivity contribution in [2.45, 2.75) is 6.10 Å². The van der Waals surface area contributed by atoms with Gasteiger partial charge in [0.05, 0.1) is 34.0 Å². The summed E-state index contributed by atoms with van der Waals surface area (Å²) in [5, 5.41) is 16.1. The van der Waals surface area contributed by atoms with Crippen molar-refractivity contribution in [2.75, 3.05) is 19.0 Å². The molecule has 0 radical (unpaired) electrons. The maximum absolute atomic E-state index is 12.0. The first kappa shape index (κ1) is 18.7. The summed E-state index contributed by atoms with van der Waals surface area (Å²) in [4.78, 5) is 12.0. The number of ether oxygens (including phenoxy) is 1. The molecule has 3 N–H and O–H groups in total. The van der Waals surface area contributed by atoms with Crippen LogP contribution in [0, 0.1) is 0 Å². The third kappa shape index (κ3) is 4.68. The van der Waals surface area contributed by atoms with Gasteiger partial charge in [0, 0.05) is 12.1 Å². The van der Waals surface area contributed by atoms with Crippen LogP contribution in [0.25, 0.3) is 0 Å². The Hall–Kier alpha value is -1.66. The Kier molecular flexibility index (Phi) is 6.57. The number of rotatable bonds is 5. The number of carbonyl (C=O) groups is 1. The van der Waals surface area contributed by atoms with Crippen LogP contribution in [-0.2, 0) is 0 Å². The van der Waals surface area contributed by atoms with Crippen LogP contribution in [0.3, 0.4) is 0 Å². The number of para-hydroxylation sites is 1. The Bertz CT molecular complexity index is 741. The van der Waals surface area contributed by atoms with Crippen LogP contribution in [0.15, 0.2) is 36.4 Å². The Morgan fingerprint density at radius 2 is 1.83 bits per heavy atom. The summed E-state index contributed by atoms with van der Waals surface area (Å²) in [7, 11) is 1.51. The minimum absolute atomic E-state index is 0.00878. The minimum atomic E-state index is -0.920. The van der Waals surface area contributed by atoms with Gasteiger partial charge in [-0.2, -0.15) is 0 Å². The van der Waals surface area contributed by atoms with Crippen molar-refractivity contribution in [3.8, 4) is 5.75 Å². The number of hydrogen-bond acceptors (Lipinski definition) is 3. The molecule has 2 aromatic rings. The summed E-state index contributed by atoms with van der Waals surface area (Å²) >= 11 is 17.7. The van der Waals surface area contributed by atoms with Crippen LogP contribution < -0.4 is 15.4 Å². The lowest BCUT2D eigenvalue weighted by atomic mass is 10.1. The maximum atomic E-state index is 12.0. The van der Waals surface area contributed by atoms with Crippen molar-refractivity contribution in [2.24, 2.45) is 0 Å². The predicted molar refractivity (Wildman–Crippen MR) is 96.4 cm³/mol. The van der Waals surface area contributed by atoms with E-state index in [2.05, 4.69) is 10.6 Å². The van der Waals surface area contributed by atoms with E-state index in [-0.39, 0.29) is 16.6 Å². The van der Waals surface area contributed by atoms with E-state index in [1.807, 2.05) is 0 Å². The molecule has 0 aromatic heterocycles. The van der Waals surface area contributed by atoms with Gasteiger partial charge in [0.25, 0.3) is 0 Å². The van der Waals surface area contributed by atoms with E-state index >= 15 is 0 Å². The summed E-state index contributed by atoms with van der Waals surface area (Å²) < 4.78 is 5.18. The molecule has 0 saturated carbocycles. The van der Waals surface area contributed by atoms with Gasteiger partial charge in [-0.1, -0.05) is 53.0 Å². The molecule has 2 aromatic carbocycles. The molecular weight excluding hydrogens is 375 g/mol. The zero-order valence-electron chi connectivity index (χ0n) is 12.6. The van der Waals surface area contributed by atoms with Gasteiger partial charge in [0.1, 0.15) is 5.75 Å². The van der Waals surface area contributed by atoms with E-state index < -0.39 is 12.1 Å². The Morgan fingerprint density at radius 3 is 2.54 bits per heavy atom. The minimum Gasteiger partial charge on any atom is -0.496 e. The Morgan fingerprint density at radius 1 is 1.17 bits per heavy atom. The number of methoxy groups -OCH3 is 1. The predicted octanol–water partition coefficient (Wildman–Crippen LogP) is 4.51. The van der Waals surface area contributed by atoms with Crippen LogP contribution in [0.2, 0.25) is 15.1 Å². The molecule has 2 rings (SSSR count). The van der Waals surface area contributed by atoms with Crippen LogP contribution >= 0.6 is 34.8 Å². The second kappa shape index (κ2) is 8.44. The van der Waals surface area contributed by atoms with E-state index in [4.69, 9.17) is 39.5 Å². The molecule has 0 fully saturated rings. The molecule has 5 nitrogen and oxygen atoms in total. The molecule has 0 spiro atoms. The van der Waals surface area contributed by atoms with Gasteiger partial charge in [0.2, 0.25) is 0 Å². The number of nitrogens with one attached hydrogen (secondary N) is 2. The molecule has 0 aliphatic rings. The van der Waals surface area contributed by atoms with E-state index in [1.54, 1.807) is 24.3 Å². The number of halogens is 3. The molecule has 0 bridgehead atoms. The molecule has 128 valence electrons. The lowest BCUT2D eigenvalue weighted by Crippen LogP contribution is -2.32. The SMILES string of the molecule is COc1ccccc1[C@H](O)CNC(=O)Nc1cc(Cl)c(Cl)cc1Cl. The van der Waals surface area contributed by atoms with Gasteiger partial charge in [-0.15, -0.1) is 0 Å². The highest BCUT2D eigenvalue weighted by Gasteiger charge is 2.15. The number of carbonyl (C=O) groups excluding carboxylic acids is 1. The number of anilines is 1. The molecule has 2 amide bonds. The molecule has 0 unspecified atom stereocenters. The van der Waals surface area contributed by atoms with Gasteiger partial charge in [-0.25, -0.2) is 4.79 Å². The summed E-state index contributed by atoms with van der Waals surface area (Å²) in [6, 6.07) is 9.36. The van der Waals surface area contributed by atoms with Crippen LogP contribution in [0.1, 0.15) is 11.7 Å². The van der Waals surface area contributed by atoms with Crippen molar-refractivity contribution in [3.63, 3.8) is 0 Å². The van der Waals surface area contributed by atoms with E-state index in [0.717, 1.165) is 0 Å². The lowest BCUT2D eigenvalue weighted by Gasteiger charge is -2.16. The Labute approximate surface area is 154 Å². The average molecular weight is 390 g/mol. The third-order valence-corrected chi connectivity index (χ3v) is 4.25. The van der Waals surface area contributed by atoms with Crippen molar-refractivity contribution < 1.29 is 14.6 Å². The van der Waals surface area contributed by atoms with Gasteiger partial charge in [-0.05, 0) is 18.2 Å². The molecule has 1 atom stereocenters. The molecule has 24 heavy (non-hydrogen) atoms. The molecule has 0 heterocycles. The van der Waals surface area contributed by atoms with E-state index in [1.165, 1.54) is 19.2 Å². The smallest absolute Gasteiger partial charge is 0.319 e. The quantitative estimate of drug-likeness (QED) is 0.659. The second-order valence-corrected chi connectivity index (χ2v) is 6.06. The van der Waals surface area contributed by atoms with Crippen LogP contribution in [-0.4, -0.2) is 24.8 Å². The number of amides is 2. The molecule has 0 aliphatic heterocycles. The van der Waals surface area contributed by atoms with Gasteiger partial charge >= 0.3 is 6.03 Å². The van der Waals surface area contributed by atoms with E-state index in [9.17, 15) is 9.90 Å². The van der Waals surface area contributed by atoms with Crippen molar-refractivity contribution >= 4 is 46.5 Å². The van der Waals surface area contributed by atoms with Crippen LogP contribution in [0.4, 0.5) is 10.5 Å². The number of benzene rings is 2. The zero-order chi connectivity index (χ0) is 17.7. The molecule has 0 aliphatic carbocycles. The van der Waals surface area contributed by atoms with Crippen molar-refractivity contribution in [3.05, 3.63) is 57.0 Å². The maximum Gasteiger partial charge on any atom is 0.319 e. The summed E-state index contributed by atoms with van der Waals surface area (Å²) in [5.41, 5.74) is 0.892. The number of hydrogen-bond donors (Lipinski definition) is 3. The first-order valence-electron chi connectivity index (χ1n) is 6.92. The highest BCUT2D eigenvalue weighted by molar-refractivity contribution is 6.44. The number of aliphatic hydroxyl groups is 1. The van der Waals surface area contributed by atoms with E-state index in [0.29, 0.717) is 22.0 Å². The molecule has 8 heteroatoms. The second-order valence-electron chi connectivity index (χ2n) is 4.84. The highest BCUT2D eigenvalue weighted by atomic mass is 35.5. The zero-order valence-corrected chi connectivity index (χ0v) is 14.9.